The quantitative estimate of drug-likeness (QED) is 0.903. The van der Waals surface area contributed by atoms with Gasteiger partial charge in [-0.2, -0.15) is 0 Å². The van der Waals surface area contributed by atoms with Crippen molar-refractivity contribution in [3.8, 4) is 0 Å². The Hall–Kier alpha value is -1.03. The Bertz CT molecular complexity index is 455. The number of rotatable bonds is 4. The predicted molar refractivity (Wildman–Crippen MR) is 80.9 cm³/mol. The first-order valence-electron chi connectivity index (χ1n) is 6.82. The first-order chi connectivity index (χ1) is 9.08. The molecule has 1 aliphatic rings. The monoisotopic (exact) mass is 325 g/mol. The zero-order chi connectivity index (χ0) is 13.8. The predicted octanol–water partition coefficient (Wildman–Crippen LogP) is 4.16. The highest BCUT2D eigenvalue weighted by molar-refractivity contribution is 9.10. The molecule has 1 aromatic carbocycles. The van der Waals surface area contributed by atoms with E-state index in [1.54, 1.807) is 12.1 Å². The standard InChI is InChI=1S/C15H20BrNO2/c1-17(10-11-5-3-2-4-6-11)14-9-12(16)7-8-13(14)15(18)19/h7-9,11H,2-6,10H2,1H3,(H,18,19). The molecule has 19 heavy (non-hydrogen) atoms. The summed E-state index contributed by atoms with van der Waals surface area (Å²) < 4.78 is 0.919. The molecule has 0 amide bonds. The van der Waals surface area contributed by atoms with Gasteiger partial charge < -0.3 is 10.0 Å². The van der Waals surface area contributed by atoms with Crippen LogP contribution >= 0.6 is 15.9 Å². The van der Waals surface area contributed by atoms with Crippen LogP contribution in [0.25, 0.3) is 0 Å². The lowest BCUT2D eigenvalue weighted by Gasteiger charge is -2.29. The Morgan fingerprint density at radius 1 is 1.37 bits per heavy atom. The van der Waals surface area contributed by atoms with Crippen molar-refractivity contribution in [3.05, 3.63) is 28.2 Å². The molecule has 0 spiro atoms. The van der Waals surface area contributed by atoms with E-state index in [1.807, 2.05) is 13.1 Å². The van der Waals surface area contributed by atoms with Crippen LogP contribution in [0.2, 0.25) is 0 Å². The lowest BCUT2D eigenvalue weighted by molar-refractivity contribution is 0.0697. The third kappa shape index (κ3) is 3.72. The van der Waals surface area contributed by atoms with Crippen LogP contribution in [0.5, 0.6) is 0 Å². The molecule has 0 bridgehead atoms. The number of halogens is 1. The van der Waals surface area contributed by atoms with Crippen LogP contribution in [0.3, 0.4) is 0 Å². The number of hydrogen-bond acceptors (Lipinski definition) is 2. The molecule has 1 saturated carbocycles. The number of carboxylic acid groups (broad SMARTS) is 1. The second-order valence-corrected chi connectivity index (χ2v) is 6.27. The van der Waals surface area contributed by atoms with E-state index in [9.17, 15) is 9.90 Å². The van der Waals surface area contributed by atoms with Gasteiger partial charge >= 0.3 is 5.97 Å². The third-order valence-electron chi connectivity index (χ3n) is 3.86. The fourth-order valence-corrected chi connectivity index (χ4v) is 3.21. The Morgan fingerprint density at radius 3 is 2.68 bits per heavy atom. The van der Waals surface area contributed by atoms with Crippen LogP contribution in [0.15, 0.2) is 22.7 Å². The second kappa shape index (κ2) is 6.42. The van der Waals surface area contributed by atoms with Crippen molar-refractivity contribution in [1.82, 2.24) is 0 Å². The summed E-state index contributed by atoms with van der Waals surface area (Å²) in [6, 6.07) is 5.34. The molecule has 0 unspecified atom stereocenters. The van der Waals surface area contributed by atoms with E-state index in [4.69, 9.17) is 0 Å². The average Bonchev–Trinajstić information content (AvgIpc) is 2.39. The number of benzene rings is 1. The summed E-state index contributed by atoms with van der Waals surface area (Å²) in [4.78, 5) is 13.4. The van der Waals surface area contributed by atoms with Gasteiger partial charge in [0.05, 0.1) is 11.3 Å². The molecule has 2 rings (SSSR count). The van der Waals surface area contributed by atoms with Gasteiger partial charge in [-0.3, -0.25) is 0 Å². The van der Waals surface area contributed by atoms with Crippen LogP contribution in [-0.4, -0.2) is 24.7 Å². The molecule has 1 N–H and O–H groups in total. The smallest absolute Gasteiger partial charge is 0.337 e. The molecule has 0 radical (unpaired) electrons. The molecule has 0 atom stereocenters. The molecule has 3 nitrogen and oxygen atoms in total. The van der Waals surface area contributed by atoms with Gasteiger partial charge in [-0.1, -0.05) is 35.2 Å². The van der Waals surface area contributed by atoms with E-state index in [-0.39, 0.29) is 0 Å². The van der Waals surface area contributed by atoms with Crippen molar-refractivity contribution in [2.24, 2.45) is 5.92 Å². The summed E-state index contributed by atoms with van der Waals surface area (Å²) in [6.07, 6.45) is 6.49. The number of hydrogen-bond donors (Lipinski definition) is 1. The fourth-order valence-electron chi connectivity index (χ4n) is 2.86. The van der Waals surface area contributed by atoms with Crippen molar-refractivity contribution in [3.63, 3.8) is 0 Å². The molecular weight excluding hydrogens is 306 g/mol. The Morgan fingerprint density at radius 2 is 2.05 bits per heavy atom. The molecule has 104 valence electrons. The van der Waals surface area contributed by atoms with Gasteiger partial charge in [-0.15, -0.1) is 0 Å². The molecule has 0 aliphatic heterocycles. The first-order valence-corrected chi connectivity index (χ1v) is 7.61. The van der Waals surface area contributed by atoms with E-state index in [0.717, 1.165) is 16.7 Å². The van der Waals surface area contributed by atoms with Gasteiger partial charge in [0, 0.05) is 18.1 Å². The Kier molecular flexibility index (Phi) is 4.86. The van der Waals surface area contributed by atoms with Gasteiger partial charge in [-0.05, 0) is 37.0 Å². The van der Waals surface area contributed by atoms with Crippen LogP contribution in [0, 0.1) is 5.92 Å². The molecule has 0 saturated heterocycles. The summed E-state index contributed by atoms with van der Waals surface area (Å²) in [7, 11) is 1.99. The van der Waals surface area contributed by atoms with Gasteiger partial charge in [0.25, 0.3) is 0 Å². The summed E-state index contributed by atoms with van der Waals surface area (Å²) in [5.74, 6) is -0.169. The van der Waals surface area contributed by atoms with Crippen molar-refractivity contribution >= 4 is 27.6 Å². The van der Waals surface area contributed by atoms with Crippen LogP contribution in [-0.2, 0) is 0 Å². The van der Waals surface area contributed by atoms with Crippen molar-refractivity contribution in [1.29, 1.82) is 0 Å². The van der Waals surface area contributed by atoms with Crippen LogP contribution < -0.4 is 4.90 Å². The number of carboxylic acids is 1. The SMILES string of the molecule is CN(CC1CCCCC1)c1cc(Br)ccc1C(=O)O. The molecule has 1 fully saturated rings. The minimum absolute atomic E-state index is 0.376. The molecule has 4 heteroatoms. The topological polar surface area (TPSA) is 40.5 Å². The Balaban J connectivity index is 2.14. The van der Waals surface area contributed by atoms with Gasteiger partial charge in [0.2, 0.25) is 0 Å². The number of carbonyl (C=O) groups is 1. The fraction of sp³-hybridized carbons (Fsp3) is 0.533. The minimum atomic E-state index is -0.863. The second-order valence-electron chi connectivity index (χ2n) is 5.35. The summed E-state index contributed by atoms with van der Waals surface area (Å²) in [6.45, 7) is 0.941. The minimum Gasteiger partial charge on any atom is -0.478 e. The van der Waals surface area contributed by atoms with E-state index in [2.05, 4.69) is 20.8 Å². The summed E-state index contributed by atoms with van der Waals surface area (Å²) >= 11 is 3.42. The summed E-state index contributed by atoms with van der Waals surface area (Å²) in [5, 5.41) is 9.27. The number of anilines is 1. The van der Waals surface area contributed by atoms with Crippen molar-refractivity contribution in [2.45, 2.75) is 32.1 Å². The normalized spacial score (nSPS) is 16.3. The van der Waals surface area contributed by atoms with Crippen LogP contribution in [0.4, 0.5) is 5.69 Å². The largest absolute Gasteiger partial charge is 0.478 e. The van der Waals surface area contributed by atoms with Gasteiger partial charge in [0.15, 0.2) is 0 Å². The molecule has 1 aromatic rings. The lowest BCUT2D eigenvalue weighted by atomic mass is 9.89. The highest BCUT2D eigenvalue weighted by Crippen LogP contribution is 2.29. The highest BCUT2D eigenvalue weighted by Gasteiger charge is 2.19. The van der Waals surface area contributed by atoms with Crippen molar-refractivity contribution < 1.29 is 9.90 Å². The molecule has 0 aromatic heterocycles. The maximum absolute atomic E-state index is 11.3. The van der Waals surface area contributed by atoms with E-state index in [0.29, 0.717) is 11.5 Å². The first kappa shape index (κ1) is 14.4. The number of nitrogens with zero attached hydrogens (tertiary/aromatic N) is 1. The third-order valence-corrected chi connectivity index (χ3v) is 4.35. The zero-order valence-electron chi connectivity index (χ0n) is 11.2. The van der Waals surface area contributed by atoms with Crippen LogP contribution in [0.1, 0.15) is 42.5 Å². The van der Waals surface area contributed by atoms with E-state index < -0.39 is 5.97 Å². The lowest BCUT2D eigenvalue weighted by Crippen LogP contribution is -2.28. The zero-order valence-corrected chi connectivity index (χ0v) is 12.8. The van der Waals surface area contributed by atoms with E-state index in [1.165, 1.54) is 32.1 Å². The maximum atomic E-state index is 11.3. The van der Waals surface area contributed by atoms with E-state index >= 15 is 0 Å². The molecule has 1 aliphatic carbocycles. The highest BCUT2D eigenvalue weighted by atomic mass is 79.9. The van der Waals surface area contributed by atoms with Gasteiger partial charge in [0.1, 0.15) is 0 Å². The number of aromatic carboxylic acids is 1. The average molecular weight is 326 g/mol. The Labute approximate surface area is 122 Å². The van der Waals surface area contributed by atoms with Gasteiger partial charge in [-0.25, -0.2) is 4.79 Å². The van der Waals surface area contributed by atoms with Crippen molar-refractivity contribution in [2.75, 3.05) is 18.5 Å². The molecule has 0 heterocycles. The summed E-state index contributed by atoms with van der Waals surface area (Å²) in [5.41, 5.74) is 1.17. The molecular formula is C15H20BrNO2. The maximum Gasteiger partial charge on any atom is 0.337 e.